The summed E-state index contributed by atoms with van der Waals surface area (Å²) in [6.07, 6.45) is 5.64. The van der Waals surface area contributed by atoms with Gasteiger partial charge in [0, 0.05) is 18.4 Å². The fourth-order valence-electron chi connectivity index (χ4n) is 2.14. The summed E-state index contributed by atoms with van der Waals surface area (Å²) in [6, 6.07) is 3.75. The van der Waals surface area contributed by atoms with E-state index >= 15 is 0 Å². The van der Waals surface area contributed by atoms with Crippen LogP contribution >= 0.6 is 11.8 Å². The van der Waals surface area contributed by atoms with Crippen LogP contribution in [0.4, 0.5) is 0 Å². The molecule has 1 amide bonds. The van der Waals surface area contributed by atoms with Gasteiger partial charge in [-0.15, -0.1) is 11.8 Å². The van der Waals surface area contributed by atoms with Crippen molar-refractivity contribution in [3.63, 3.8) is 0 Å². The minimum atomic E-state index is -0.0747. The minimum Gasteiger partial charge on any atom is -0.466 e. The molecule has 1 saturated heterocycles. The molecule has 0 saturated carbocycles. The molecule has 3 heterocycles. The summed E-state index contributed by atoms with van der Waals surface area (Å²) in [5.74, 6) is 1.76. The minimum absolute atomic E-state index is 0.0747. The lowest BCUT2D eigenvalue weighted by Gasteiger charge is -2.33. The number of thioether (sulfide) groups is 1. The molecule has 6 heteroatoms. The molecule has 104 valence electrons. The van der Waals surface area contributed by atoms with Gasteiger partial charge in [-0.2, -0.15) is 0 Å². The standard InChI is InChI=1S/C14H15N3O2S/c1-10-7-16-11(8-15-10)9-17-13(18)4-6-20-14(17)12-3-2-5-19-12/h2-3,5,7-8,14H,4,6,9H2,1H3. The molecule has 3 rings (SSSR count). The summed E-state index contributed by atoms with van der Waals surface area (Å²) in [5.41, 5.74) is 1.67. The molecule has 2 aromatic heterocycles. The van der Waals surface area contributed by atoms with Crippen LogP contribution in [0.3, 0.4) is 0 Å². The van der Waals surface area contributed by atoms with Crippen LogP contribution in [0.5, 0.6) is 0 Å². The molecule has 0 radical (unpaired) electrons. The smallest absolute Gasteiger partial charge is 0.225 e. The summed E-state index contributed by atoms with van der Waals surface area (Å²) < 4.78 is 5.46. The number of amides is 1. The van der Waals surface area contributed by atoms with E-state index in [0.717, 1.165) is 22.9 Å². The van der Waals surface area contributed by atoms with Gasteiger partial charge in [0.05, 0.1) is 30.4 Å². The Balaban J connectivity index is 1.83. The van der Waals surface area contributed by atoms with Crippen molar-refractivity contribution in [3.8, 4) is 0 Å². The molecule has 0 aliphatic carbocycles. The summed E-state index contributed by atoms with van der Waals surface area (Å²) in [5, 5.41) is -0.0747. The topological polar surface area (TPSA) is 59.2 Å². The number of rotatable bonds is 3. The third kappa shape index (κ3) is 2.70. The van der Waals surface area contributed by atoms with E-state index in [1.165, 1.54) is 0 Å². The summed E-state index contributed by atoms with van der Waals surface area (Å²) in [6.45, 7) is 2.36. The molecular formula is C14H15N3O2S. The zero-order valence-electron chi connectivity index (χ0n) is 11.2. The fourth-order valence-corrected chi connectivity index (χ4v) is 3.32. The quantitative estimate of drug-likeness (QED) is 0.869. The highest BCUT2D eigenvalue weighted by atomic mass is 32.2. The Kier molecular flexibility index (Phi) is 3.73. The van der Waals surface area contributed by atoms with Gasteiger partial charge in [0.15, 0.2) is 0 Å². The Bertz CT molecular complexity index is 583. The predicted octanol–water partition coefficient (Wildman–Crippen LogP) is 2.54. The molecule has 1 aliphatic heterocycles. The predicted molar refractivity (Wildman–Crippen MR) is 75.8 cm³/mol. The Morgan fingerprint density at radius 3 is 3.05 bits per heavy atom. The Morgan fingerprint density at radius 1 is 1.45 bits per heavy atom. The Labute approximate surface area is 121 Å². The maximum Gasteiger partial charge on any atom is 0.225 e. The highest BCUT2D eigenvalue weighted by Gasteiger charge is 2.31. The molecule has 0 spiro atoms. The lowest BCUT2D eigenvalue weighted by molar-refractivity contribution is -0.133. The van der Waals surface area contributed by atoms with Crippen molar-refractivity contribution in [3.05, 3.63) is 47.9 Å². The number of carbonyl (C=O) groups excluding carboxylic acids is 1. The van der Waals surface area contributed by atoms with Crippen molar-refractivity contribution in [1.82, 2.24) is 14.9 Å². The van der Waals surface area contributed by atoms with Crippen molar-refractivity contribution >= 4 is 17.7 Å². The highest BCUT2D eigenvalue weighted by molar-refractivity contribution is 7.99. The van der Waals surface area contributed by atoms with Gasteiger partial charge in [0.2, 0.25) is 5.91 Å². The van der Waals surface area contributed by atoms with Gasteiger partial charge >= 0.3 is 0 Å². The molecule has 0 aromatic carbocycles. The third-order valence-corrected chi connectivity index (χ3v) is 4.39. The summed E-state index contributed by atoms with van der Waals surface area (Å²) in [7, 11) is 0. The zero-order chi connectivity index (χ0) is 13.9. The number of carbonyl (C=O) groups is 1. The number of aromatic nitrogens is 2. The van der Waals surface area contributed by atoms with Crippen LogP contribution in [0, 0.1) is 6.92 Å². The van der Waals surface area contributed by atoms with Crippen LogP contribution in [0.25, 0.3) is 0 Å². The third-order valence-electron chi connectivity index (χ3n) is 3.15. The van der Waals surface area contributed by atoms with E-state index in [1.54, 1.807) is 30.4 Å². The molecule has 0 N–H and O–H groups in total. The van der Waals surface area contributed by atoms with Crippen molar-refractivity contribution in [2.75, 3.05) is 5.75 Å². The van der Waals surface area contributed by atoms with Gasteiger partial charge in [0.25, 0.3) is 0 Å². The van der Waals surface area contributed by atoms with E-state index in [-0.39, 0.29) is 11.3 Å². The maximum absolute atomic E-state index is 12.2. The van der Waals surface area contributed by atoms with Crippen LogP contribution in [0.15, 0.2) is 35.2 Å². The molecule has 1 unspecified atom stereocenters. The zero-order valence-corrected chi connectivity index (χ0v) is 12.0. The first kappa shape index (κ1) is 13.2. The average Bonchev–Trinajstić information content (AvgIpc) is 2.97. The lowest BCUT2D eigenvalue weighted by Crippen LogP contribution is -2.36. The van der Waals surface area contributed by atoms with Crippen molar-refractivity contribution in [2.24, 2.45) is 0 Å². The second-order valence-corrected chi connectivity index (χ2v) is 5.85. The molecule has 2 aromatic rings. The first-order chi connectivity index (χ1) is 9.74. The summed E-state index contributed by atoms with van der Waals surface area (Å²) in [4.78, 5) is 22.6. The number of hydrogen-bond acceptors (Lipinski definition) is 5. The second kappa shape index (κ2) is 5.66. The molecule has 1 atom stereocenters. The van der Waals surface area contributed by atoms with Crippen LogP contribution in [0.1, 0.15) is 28.9 Å². The molecule has 5 nitrogen and oxygen atoms in total. The fraction of sp³-hybridized carbons (Fsp3) is 0.357. The second-order valence-electron chi connectivity index (χ2n) is 4.66. The van der Waals surface area contributed by atoms with Crippen LogP contribution in [0.2, 0.25) is 0 Å². The van der Waals surface area contributed by atoms with E-state index in [1.807, 2.05) is 24.0 Å². The van der Waals surface area contributed by atoms with Crippen molar-refractivity contribution in [1.29, 1.82) is 0 Å². The van der Waals surface area contributed by atoms with E-state index in [0.29, 0.717) is 13.0 Å². The molecule has 20 heavy (non-hydrogen) atoms. The van der Waals surface area contributed by atoms with Crippen molar-refractivity contribution in [2.45, 2.75) is 25.3 Å². The van der Waals surface area contributed by atoms with E-state index in [9.17, 15) is 4.79 Å². The van der Waals surface area contributed by atoms with Crippen LogP contribution in [-0.4, -0.2) is 26.5 Å². The van der Waals surface area contributed by atoms with Gasteiger partial charge in [-0.1, -0.05) is 0 Å². The first-order valence-electron chi connectivity index (χ1n) is 6.46. The average molecular weight is 289 g/mol. The van der Waals surface area contributed by atoms with Gasteiger partial charge in [-0.25, -0.2) is 0 Å². The Morgan fingerprint density at radius 2 is 2.35 bits per heavy atom. The molecular weight excluding hydrogens is 274 g/mol. The van der Waals surface area contributed by atoms with E-state index in [2.05, 4.69) is 9.97 Å². The van der Waals surface area contributed by atoms with Crippen LogP contribution in [-0.2, 0) is 11.3 Å². The summed E-state index contributed by atoms with van der Waals surface area (Å²) >= 11 is 1.72. The number of furan rings is 1. The monoisotopic (exact) mass is 289 g/mol. The van der Waals surface area contributed by atoms with E-state index < -0.39 is 0 Å². The number of nitrogens with zero attached hydrogens (tertiary/aromatic N) is 3. The van der Waals surface area contributed by atoms with Gasteiger partial charge in [-0.3, -0.25) is 14.8 Å². The SMILES string of the molecule is Cc1cnc(CN2C(=O)CCSC2c2ccco2)cn1. The van der Waals surface area contributed by atoms with Crippen molar-refractivity contribution < 1.29 is 9.21 Å². The van der Waals surface area contributed by atoms with E-state index in [4.69, 9.17) is 4.42 Å². The number of aryl methyl sites for hydroxylation is 1. The van der Waals surface area contributed by atoms with Gasteiger partial charge in [-0.05, 0) is 19.1 Å². The van der Waals surface area contributed by atoms with Gasteiger partial charge < -0.3 is 9.32 Å². The van der Waals surface area contributed by atoms with Gasteiger partial charge in [0.1, 0.15) is 11.1 Å². The maximum atomic E-state index is 12.2. The molecule has 1 fully saturated rings. The Hall–Kier alpha value is -1.82. The van der Waals surface area contributed by atoms with Crippen LogP contribution < -0.4 is 0 Å². The first-order valence-corrected chi connectivity index (χ1v) is 7.51. The normalized spacial score (nSPS) is 19.4. The highest BCUT2D eigenvalue weighted by Crippen LogP contribution is 2.38. The largest absolute Gasteiger partial charge is 0.466 e. The molecule has 0 bridgehead atoms. The number of hydrogen-bond donors (Lipinski definition) is 0. The lowest BCUT2D eigenvalue weighted by atomic mass is 10.3. The molecule has 1 aliphatic rings.